The maximum Gasteiger partial charge on any atom is 0.262 e. The lowest BCUT2D eigenvalue weighted by Gasteiger charge is -2.31. The number of amides is 3. The lowest BCUT2D eigenvalue weighted by molar-refractivity contribution is -0.124. The van der Waals surface area contributed by atoms with Crippen LogP contribution in [0.15, 0.2) is 12.1 Å². The number of nitrogens with zero attached hydrogens (tertiary/aromatic N) is 2. The number of hydrogen-bond donors (Lipinski definition) is 2. The Balaban J connectivity index is 1.63. The highest BCUT2D eigenvalue weighted by Crippen LogP contribution is 2.33. The average Bonchev–Trinajstić information content (AvgIpc) is 2.84. The minimum atomic E-state index is -1.01. The van der Waals surface area contributed by atoms with E-state index in [1.54, 1.807) is 4.90 Å². The summed E-state index contributed by atoms with van der Waals surface area (Å²) in [5, 5.41) is 10.3. The zero-order chi connectivity index (χ0) is 20.7. The molecule has 4 rings (SSSR count). The maximum atomic E-state index is 14.8. The normalized spacial score (nSPS) is 23.1. The van der Waals surface area contributed by atoms with Gasteiger partial charge in [-0.2, -0.15) is 0 Å². The molecule has 0 spiro atoms. The number of halogens is 1. The van der Waals surface area contributed by atoms with Gasteiger partial charge >= 0.3 is 0 Å². The molecule has 3 heterocycles. The van der Waals surface area contributed by atoms with Gasteiger partial charge in [-0.05, 0) is 37.8 Å². The largest absolute Gasteiger partial charge is 0.369 e. The predicted molar refractivity (Wildman–Crippen MR) is 102 cm³/mol. The van der Waals surface area contributed by atoms with Crippen LogP contribution in [0.25, 0.3) is 0 Å². The van der Waals surface area contributed by atoms with Crippen molar-refractivity contribution in [2.75, 3.05) is 24.5 Å². The number of fused-ring (bicyclic) bond motifs is 1. The minimum Gasteiger partial charge on any atom is -0.369 e. The summed E-state index contributed by atoms with van der Waals surface area (Å²) in [5.41, 5.74) is 0.579. The van der Waals surface area contributed by atoms with Crippen LogP contribution in [-0.2, 0) is 9.59 Å². The summed E-state index contributed by atoms with van der Waals surface area (Å²) < 4.78 is 14.8. The van der Waals surface area contributed by atoms with Gasteiger partial charge in [-0.3, -0.25) is 19.3 Å². The topological polar surface area (TPSA) is 111 Å². The van der Waals surface area contributed by atoms with E-state index < -0.39 is 29.6 Å². The molecule has 29 heavy (non-hydrogen) atoms. The summed E-state index contributed by atoms with van der Waals surface area (Å²) >= 11 is 0. The van der Waals surface area contributed by atoms with Crippen LogP contribution in [0.1, 0.15) is 46.4 Å². The van der Waals surface area contributed by atoms with E-state index in [9.17, 15) is 23.6 Å². The Hall–Kier alpha value is -3.10. The van der Waals surface area contributed by atoms with Crippen molar-refractivity contribution in [3.05, 3.63) is 29.1 Å². The van der Waals surface area contributed by atoms with Gasteiger partial charge in [-0.1, -0.05) is 0 Å². The zero-order valence-electron chi connectivity index (χ0n) is 15.7. The van der Waals surface area contributed by atoms with Crippen LogP contribution < -0.4 is 10.2 Å². The molecule has 9 heteroatoms. The van der Waals surface area contributed by atoms with Gasteiger partial charge in [0, 0.05) is 24.7 Å². The van der Waals surface area contributed by atoms with Crippen molar-refractivity contribution in [2.24, 2.45) is 5.92 Å². The molecule has 1 aromatic rings. The molecule has 0 bridgehead atoms. The monoisotopic (exact) mass is 400 g/mol. The maximum absolute atomic E-state index is 14.8. The van der Waals surface area contributed by atoms with Crippen molar-refractivity contribution >= 4 is 35.4 Å². The first kappa shape index (κ1) is 19.2. The van der Waals surface area contributed by atoms with E-state index in [2.05, 4.69) is 5.32 Å². The molecule has 0 radical (unpaired) electrons. The Labute approximate surface area is 166 Å². The van der Waals surface area contributed by atoms with Crippen LogP contribution in [0.2, 0.25) is 0 Å². The molecular formula is C20H21FN4O4. The number of hydrogen-bond acceptors (Lipinski definition) is 6. The van der Waals surface area contributed by atoms with Crippen molar-refractivity contribution in [1.29, 1.82) is 5.41 Å². The second kappa shape index (κ2) is 7.38. The third-order valence-corrected chi connectivity index (χ3v) is 5.87. The number of carbonyl (C=O) groups is 4. The van der Waals surface area contributed by atoms with Crippen LogP contribution in [0.3, 0.4) is 0 Å². The lowest BCUT2D eigenvalue weighted by atomic mass is 9.97. The van der Waals surface area contributed by atoms with E-state index in [-0.39, 0.29) is 35.7 Å². The molecule has 152 valence electrons. The van der Waals surface area contributed by atoms with Crippen molar-refractivity contribution in [1.82, 2.24) is 10.2 Å². The van der Waals surface area contributed by atoms with Gasteiger partial charge in [0.2, 0.25) is 5.91 Å². The van der Waals surface area contributed by atoms with Gasteiger partial charge in [0.25, 0.3) is 11.8 Å². The Bertz CT molecular complexity index is 923. The molecule has 1 aromatic carbocycles. The summed E-state index contributed by atoms with van der Waals surface area (Å²) in [5.74, 6) is -2.46. The first-order chi connectivity index (χ1) is 13.9. The average molecular weight is 400 g/mol. The number of anilines is 1. The number of carbonyl (C=O) groups excluding carboxylic acids is 4. The SMILES string of the molecule is N=C1CCC(N2C(=O)c3cc(F)c(N4CCC(C=O)CC4)cc3C2=O)C(=O)NC1. The van der Waals surface area contributed by atoms with Crippen molar-refractivity contribution in [3.63, 3.8) is 0 Å². The van der Waals surface area contributed by atoms with E-state index in [0.717, 1.165) is 17.3 Å². The number of rotatable bonds is 3. The molecule has 0 saturated carbocycles. The van der Waals surface area contributed by atoms with Gasteiger partial charge in [-0.15, -0.1) is 0 Å². The van der Waals surface area contributed by atoms with E-state index in [1.165, 1.54) is 6.07 Å². The lowest BCUT2D eigenvalue weighted by Crippen LogP contribution is -2.48. The van der Waals surface area contributed by atoms with Gasteiger partial charge in [0.1, 0.15) is 18.1 Å². The van der Waals surface area contributed by atoms with E-state index in [0.29, 0.717) is 38.1 Å². The van der Waals surface area contributed by atoms with Crippen molar-refractivity contribution in [2.45, 2.75) is 31.7 Å². The number of aldehydes is 1. The highest BCUT2D eigenvalue weighted by molar-refractivity contribution is 6.23. The van der Waals surface area contributed by atoms with E-state index in [1.807, 2.05) is 0 Å². The Morgan fingerprint density at radius 3 is 2.38 bits per heavy atom. The molecule has 1 unspecified atom stereocenters. The molecule has 8 nitrogen and oxygen atoms in total. The minimum absolute atomic E-state index is 0.0464. The highest BCUT2D eigenvalue weighted by atomic mass is 19.1. The summed E-state index contributed by atoms with van der Waals surface area (Å²) in [6.45, 7) is 1.06. The van der Waals surface area contributed by atoms with E-state index in [4.69, 9.17) is 5.41 Å². The summed E-state index contributed by atoms with van der Waals surface area (Å²) in [6, 6.07) is 1.43. The molecular weight excluding hydrogens is 379 g/mol. The molecule has 0 aliphatic carbocycles. The highest BCUT2D eigenvalue weighted by Gasteiger charge is 2.44. The van der Waals surface area contributed by atoms with Gasteiger partial charge in [0.15, 0.2) is 0 Å². The number of piperidine rings is 1. The summed E-state index contributed by atoms with van der Waals surface area (Å²) in [4.78, 5) is 51.8. The van der Waals surface area contributed by atoms with Crippen LogP contribution in [0.5, 0.6) is 0 Å². The third-order valence-electron chi connectivity index (χ3n) is 5.87. The molecule has 3 amide bonds. The Kier molecular flexibility index (Phi) is 4.89. The molecule has 1 atom stereocenters. The van der Waals surface area contributed by atoms with Crippen LogP contribution in [-0.4, -0.2) is 60.3 Å². The van der Waals surface area contributed by atoms with E-state index >= 15 is 0 Å². The van der Waals surface area contributed by atoms with Gasteiger partial charge in [0.05, 0.1) is 23.4 Å². The molecule has 2 saturated heterocycles. The number of imide groups is 1. The van der Waals surface area contributed by atoms with Crippen molar-refractivity contribution in [3.8, 4) is 0 Å². The van der Waals surface area contributed by atoms with Gasteiger partial charge < -0.3 is 20.4 Å². The zero-order valence-corrected chi connectivity index (χ0v) is 15.7. The van der Waals surface area contributed by atoms with Crippen LogP contribution >= 0.6 is 0 Å². The fraction of sp³-hybridized carbons (Fsp3) is 0.450. The van der Waals surface area contributed by atoms with Crippen molar-refractivity contribution < 1.29 is 23.6 Å². The fourth-order valence-corrected chi connectivity index (χ4v) is 4.16. The fourth-order valence-electron chi connectivity index (χ4n) is 4.16. The standard InChI is InChI=1S/C20H21FN4O4/c21-15-7-13-14(8-17(15)24-5-3-11(10-26)4-6-24)20(29)25(19(13)28)16-2-1-12(22)9-23-18(16)27/h7-8,10-11,16,22H,1-6,9H2,(H,23,27). The quantitative estimate of drug-likeness (QED) is 0.584. The third kappa shape index (κ3) is 3.30. The number of nitrogens with one attached hydrogen (secondary N) is 2. The molecule has 3 aliphatic rings. The summed E-state index contributed by atoms with van der Waals surface area (Å²) in [7, 11) is 0. The smallest absolute Gasteiger partial charge is 0.262 e. The first-order valence-electron chi connectivity index (χ1n) is 9.66. The summed E-state index contributed by atoms with van der Waals surface area (Å²) in [6.07, 6.45) is 2.58. The first-order valence-corrected chi connectivity index (χ1v) is 9.66. The predicted octanol–water partition coefficient (Wildman–Crippen LogP) is 1.14. The van der Waals surface area contributed by atoms with Gasteiger partial charge in [-0.25, -0.2) is 4.39 Å². The Morgan fingerprint density at radius 2 is 1.72 bits per heavy atom. The molecule has 2 N–H and O–H groups in total. The molecule has 2 fully saturated rings. The van der Waals surface area contributed by atoms with Crippen LogP contribution in [0.4, 0.5) is 10.1 Å². The Morgan fingerprint density at radius 1 is 1.07 bits per heavy atom. The number of benzene rings is 1. The second-order valence-corrected chi connectivity index (χ2v) is 7.67. The van der Waals surface area contributed by atoms with Crippen LogP contribution in [0, 0.1) is 17.1 Å². The second-order valence-electron chi connectivity index (χ2n) is 7.67. The molecule has 0 aromatic heterocycles. The molecule has 3 aliphatic heterocycles.